The zero-order valence-electron chi connectivity index (χ0n) is 17.3. The van der Waals surface area contributed by atoms with Gasteiger partial charge in [0.15, 0.2) is 15.6 Å². The van der Waals surface area contributed by atoms with Crippen LogP contribution in [0.4, 0.5) is 0 Å². The average Bonchev–Trinajstić information content (AvgIpc) is 2.97. The monoisotopic (exact) mass is 413 g/mol. The molecule has 1 aliphatic rings. The highest BCUT2D eigenvalue weighted by atomic mass is 32.2. The molecular formula is C23H27NO4S. The molecule has 0 aromatic heterocycles. The highest BCUT2D eigenvalue weighted by Gasteiger charge is 2.34. The van der Waals surface area contributed by atoms with E-state index in [1.807, 2.05) is 50.2 Å². The summed E-state index contributed by atoms with van der Waals surface area (Å²) >= 11 is 0. The van der Waals surface area contributed by atoms with Crippen molar-refractivity contribution in [1.29, 1.82) is 0 Å². The standard InChI is InChI=1S/C23H27NO4S/c1-5-28-19-8-6-7-17(13-19)22-21(14-18(23(22)25)15-24(2)3)16-9-11-20(12-10-16)29(4,26)27/h6-13,18H,5,14-15H2,1-4H3. The number of carbonyl (C=O) groups is 1. The van der Waals surface area contributed by atoms with Gasteiger partial charge >= 0.3 is 0 Å². The molecule has 0 fully saturated rings. The Labute approximate surface area is 172 Å². The van der Waals surface area contributed by atoms with Gasteiger partial charge < -0.3 is 9.64 Å². The molecule has 2 aromatic carbocycles. The minimum absolute atomic E-state index is 0.120. The number of hydrogen-bond donors (Lipinski definition) is 0. The van der Waals surface area contributed by atoms with Crippen molar-refractivity contribution < 1.29 is 17.9 Å². The molecule has 1 unspecified atom stereocenters. The van der Waals surface area contributed by atoms with Crippen molar-refractivity contribution in [2.24, 2.45) is 5.92 Å². The van der Waals surface area contributed by atoms with Crippen LogP contribution in [-0.2, 0) is 14.6 Å². The van der Waals surface area contributed by atoms with Crippen molar-refractivity contribution in [3.63, 3.8) is 0 Å². The number of sulfone groups is 1. The third-order valence-electron chi connectivity index (χ3n) is 5.02. The Morgan fingerprint density at radius 3 is 2.34 bits per heavy atom. The molecule has 1 atom stereocenters. The van der Waals surface area contributed by atoms with Crippen molar-refractivity contribution in [2.45, 2.75) is 18.2 Å². The maximum absolute atomic E-state index is 13.3. The van der Waals surface area contributed by atoms with Crippen molar-refractivity contribution in [2.75, 3.05) is 33.5 Å². The molecule has 29 heavy (non-hydrogen) atoms. The van der Waals surface area contributed by atoms with Crippen LogP contribution in [0.5, 0.6) is 5.75 Å². The van der Waals surface area contributed by atoms with E-state index in [9.17, 15) is 13.2 Å². The predicted octanol–water partition coefficient (Wildman–Crippen LogP) is 3.55. The fourth-order valence-electron chi connectivity index (χ4n) is 3.77. The van der Waals surface area contributed by atoms with Crippen LogP contribution in [0.1, 0.15) is 24.5 Å². The van der Waals surface area contributed by atoms with E-state index in [1.54, 1.807) is 24.3 Å². The largest absolute Gasteiger partial charge is 0.494 e. The first-order valence-electron chi connectivity index (χ1n) is 9.66. The van der Waals surface area contributed by atoms with Crippen molar-refractivity contribution in [3.05, 3.63) is 59.7 Å². The fourth-order valence-corrected chi connectivity index (χ4v) is 4.40. The number of rotatable bonds is 7. The fraction of sp³-hybridized carbons (Fsp3) is 0.348. The van der Waals surface area contributed by atoms with E-state index in [-0.39, 0.29) is 16.6 Å². The summed E-state index contributed by atoms with van der Waals surface area (Å²) in [6, 6.07) is 14.4. The Balaban J connectivity index is 2.09. The maximum atomic E-state index is 13.3. The lowest BCUT2D eigenvalue weighted by atomic mass is 9.96. The van der Waals surface area contributed by atoms with Gasteiger partial charge in [0.25, 0.3) is 0 Å². The Bertz CT molecular complexity index is 1040. The van der Waals surface area contributed by atoms with Crippen molar-refractivity contribution in [3.8, 4) is 5.75 Å². The normalized spacial score (nSPS) is 17.3. The second kappa shape index (κ2) is 8.51. The molecule has 0 radical (unpaired) electrons. The number of nitrogens with zero attached hydrogens (tertiary/aromatic N) is 1. The van der Waals surface area contributed by atoms with Gasteiger partial charge in [0.05, 0.1) is 11.5 Å². The van der Waals surface area contributed by atoms with Crippen LogP contribution in [0.25, 0.3) is 11.1 Å². The first-order chi connectivity index (χ1) is 13.7. The molecule has 2 aromatic rings. The van der Waals surface area contributed by atoms with E-state index < -0.39 is 9.84 Å². The summed E-state index contributed by atoms with van der Waals surface area (Å²) in [6.45, 7) is 3.15. The smallest absolute Gasteiger partial charge is 0.175 e. The number of ether oxygens (including phenoxy) is 1. The summed E-state index contributed by atoms with van der Waals surface area (Å²) < 4.78 is 29.2. The van der Waals surface area contributed by atoms with Gasteiger partial charge in [-0.2, -0.15) is 0 Å². The molecule has 0 bridgehead atoms. The second-order valence-corrected chi connectivity index (χ2v) is 9.65. The summed E-state index contributed by atoms with van der Waals surface area (Å²) in [5.41, 5.74) is 3.37. The molecule has 154 valence electrons. The molecule has 6 heteroatoms. The van der Waals surface area contributed by atoms with Crippen LogP contribution in [0, 0.1) is 5.92 Å². The van der Waals surface area contributed by atoms with Gasteiger partial charge in [-0.25, -0.2) is 8.42 Å². The average molecular weight is 414 g/mol. The van der Waals surface area contributed by atoms with Crippen LogP contribution >= 0.6 is 0 Å². The van der Waals surface area contributed by atoms with Crippen molar-refractivity contribution >= 4 is 26.8 Å². The summed E-state index contributed by atoms with van der Waals surface area (Å²) in [5.74, 6) is 0.725. The zero-order chi connectivity index (χ0) is 21.2. The van der Waals surface area contributed by atoms with Gasteiger partial charge in [0.1, 0.15) is 5.75 Å². The highest BCUT2D eigenvalue weighted by molar-refractivity contribution is 7.90. The number of benzene rings is 2. The van der Waals surface area contributed by atoms with E-state index in [0.29, 0.717) is 25.1 Å². The van der Waals surface area contributed by atoms with Crippen LogP contribution in [0.2, 0.25) is 0 Å². The molecule has 5 nitrogen and oxygen atoms in total. The predicted molar refractivity (Wildman–Crippen MR) is 116 cm³/mol. The highest BCUT2D eigenvalue weighted by Crippen LogP contribution is 2.41. The lowest BCUT2D eigenvalue weighted by Crippen LogP contribution is -2.25. The van der Waals surface area contributed by atoms with Gasteiger partial charge in [-0.1, -0.05) is 24.3 Å². The van der Waals surface area contributed by atoms with Crippen LogP contribution in [0.15, 0.2) is 53.4 Å². The minimum atomic E-state index is -3.26. The Morgan fingerprint density at radius 2 is 1.76 bits per heavy atom. The Kier molecular flexibility index (Phi) is 6.24. The third-order valence-corrected chi connectivity index (χ3v) is 6.15. The van der Waals surface area contributed by atoms with Gasteiger partial charge in [0, 0.05) is 24.3 Å². The molecule has 0 saturated heterocycles. The maximum Gasteiger partial charge on any atom is 0.175 e. The molecule has 1 aliphatic carbocycles. The van der Waals surface area contributed by atoms with Crippen LogP contribution in [-0.4, -0.2) is 52.6 Å². The molecule has 0 N–H and O–H groups in total. The number of ketones is 1. The second-order valence-electron chi connectivity index (χ2n) is 7.64. The third kappa shape index (κ3) is 4.77. The van der Waals surface area contributed by atoms with Crippen molar-refractivity contribution in [1.82, 2.24) is 4.90 Å². The lowest BCUT2D eigenvalue weighted by Gasteiger charge is -2.15. The Morgan fingerprint density at radius 1 is 1.07 bits per heavy atom. The quantitative estimate of drug-likeness (QED) is 0.695. The molecule has 0 aliphatic heterocycles. The minimum Gasteiger partial charge on any atom is -0.494 e. The van der Waals surface area contributed by atoms with Gasteiger partial charge in [-0.05, 0) is 68.4 Å². The molecule has 0 amide bonds. The van der Waals surface area contributed by atoms with Crippen LogP contribution < -0.4 is 4.74 Å². The molecule has 0 spiro atoms. The summed E-state index contributed by atoms with van der Waals surface area (Å²) in [4.78, 5) is 15.6. The zero-order valence-corrected chi connectivity index (χ0v) is 18.1. The number of carbonyl (C=O) groups excluding carboxylic acids is 1. The SMILES string of the molecule is CCOc1cccc(C2=C(c3ccc(S(C)(=O)=O)cc3)CC(CN(C)C)C2=O)c1. The van der Waals surface area contributed by atoms with E-state index in [0.717, 1.165) is 22.4 Å². The van der Waals surface area contributed by atoms with E-state index >= 15 is 0 Å². The summed E-state index contributed by atoms with van der Waals surface area (Å²) in [5, 5.41) is 0. The van der Waals surface area contributed by atoms with E-state index in [1.165, 1.54) is 6.26 Å². The van der Waals surface area contributed by atoms with Crippen LogP contribution in [0.3, 0.4) is 0 Å². The molecule has 3 rings (SSSR count). The number of hydrogen-bond acceptors (Lipinski definition) is 5. The summed E-state index contributed by atoms with van der Waals surface area (Å²) in [7, 11) is 0.655. The first kappa shape index (κ1) is 21.3. The van der Waals surface area contributed by atoms with Gasteiger partial charge in [-0.15, -0.1) is 0 Å². The number of Topliss-reactive ketones (excluding diaryl/α,β-unsaturated/α-hetero) is 1. The lowest BCUT2D eigenvalue weighted by molar-refractivity contribution is -0.117. The summed E-state index contributed by atoms with van der Waals surface area (Å²) in [6.07, 6.45) is 1.82. The molecule has 0 heterocycles. The Hall–Kier alpha value is -2.44. The molecule has 0 saturated carbocycles. The van der Waals surface area contributed by atoms with E-state index in [2.05, 4.69) is 0 Å². The van der Waals surface area contributed by atoms with E-state index in [4.69, 9.17) is 4.74 Å². The van der Waals surface area contributed by atoms with Gasteiger partial charge in [0.2, 0.25) is 0 Å². The number of allylic oxidation sites excluding steroid dienone is 2. The first-order valence-corrected chi connectivity index (χ1v) is 11.6. The molecular weight excluding hydrogens is 386 g/mol. The van der Waals surface area contributed by atoms with Gasteiger partial charge in [-0.3, -0.25) is 4.79 Å². The topological polar surface area (TPSA) is 63.7 Å².